The predicted octanol–water partition coefficient (Wildman–Crippen LogP) is 1.37. The Morgan fingerprint density at radius 3 is 2.37 bits per heavy atom. The molecule has 2 N–H and O–H groups in total. The van der Waals surface area contributed by atoms with Gasteiger partial charge >= 0.3 is 11.8 Å². The molecule has 0 heterocycles. The normalized spacial score (nSPS) is 10.1. The minimum absolute atomic E-state index is 0.0675. The third kappa shape index (κ3) is 4.06. The molecule has 0 saturated heterocycles. The summed E-state index contributed by atoms with van der Waals surface area (Å²) in [5.41, 5.74) is 0.816. The molecule has 102 valence electrons. The van der Waals surface area contributed by atoms with E-state index in [1.54, 1.807) is 20.8 Å². The predicted molar refractivity (Wildman–Crippen MR) is 69.7 cm³/mol. The fraction of sp³-hybridized carbons (Fsp3) is 0.333. The molecule has 0 radical (unpaired) electrons. The highest BCUT2D eigenvalue weighted by Crippen LogP contribution is 2.20. The van der Waals surface area contributed by atoms with Crippen molar-refractivity contribution >= 4 is 23.2 Å². The highest BCUT2D eigenvalue weighted by Gasteiger charge is 2.16. The number of hydrogen-bond acceptors (Lipinski definition) is 4. The lowest BCUT2D eigenvalue weighted by Gasteiger charge is -2.10. The van der Waals surface area contributed by atoms with Crippen LogP contribution in [0.2, 0.25) is 0 Å². The van der Waals surface area contributed by atoms with E-state index in [-0.39, 0.29) is 11.7 Å². The van der Waals surface area contributed by atoms with Crippen LogP contribution in [0, 0.1) is 17.0 Å². The van der Waals surface area contributed by atoms with Crippen molar-refractivity contribution in [2.24, 2.45) is 0 Å². The van der Waals surface area contributed by atoms with E-state index >= 15 is 0 Å². The molecule has 0 fully saturated rings. The highest BCUT2D eigenvalue weighted by atomic mass is 16.6. The van der Waals surface area contributed by atoms with Gasteiger partial charge in [0, 0.05) is 23.9 Å². The molecule has 19 heavy (non-hydrogen) atoms. The summed E-state index contributed by atoms with van der Waals surface area (Å²) in [6.07, 6.45) is 0. The van der Waals surface area contributed by atoms with Gasteiger partial charge in [-0.2, -0.15) is 0 Å². The lowest BCUT2D eigenvalue weighted by atomic mass is 10.2. The SMILES string of the molecule is Cc1cc([N+](=O)[O-])ccc1NC(=O)C(=O)NC(C)C. The van der Waals surface area contributed by atoms with Crippen LogP contribution in [-0.4, -0.2) is 22.8 Å². The largest absolute Gasteiger partial charge is 0.346 e. The van der Waals surface area contributed by atoms with Crippen LogP contribution in [0.4, 0.5) is 11.4 Å². The maximum atomic E-state index is 11.6. The number of amides is 2. The van der Waals surface area contributed by atoms with Gasteiger partial charge in [0.15, 0.2) is 0 Å². The first kappa shape index (κ1) is 14.6. The molecule has 0 spiro atoms. The Bertz CT molecular complexity index is 526. The van der Waals surface area contributed by atoms with Gasteiger partial charge in [-0.25, -0.2) is 0 Å². The van der Waals surface area contributed by atoms with Crippen molar-refractivity contribution in [1.29, 1.82) is 0 Å². The van der Waals surface area contributed by atoms with Crippen LogP contribution in [0.1, 0.15) is 19.4 Å². The van der Waals surface area contributed by atoms with Crippen molar-refractivity contribution in [3.05, 3.63) is 33.9 Å². The number of nitrogens with one attached hydrogen (secondary N) is 2. The molecular formula is C12H15N3O4. The topological polar surface area (TPSA) is 101 Å². The number of nitro groups is 1. The van der Waals surface area contributed by atoms with Crippen LogP contribution >= 0.6 is 0 Å². The van der Waals surface area contributed by atoms with Crippen molar-refractivity contribution in [3.63, 3.8) is 0 Å². The fourth-order valence-electron chi connectivity index (χ4n) is 1.41. The van der Waals surface area contributed by atoms with Gasteiger partial charge < -0.3 is 10.6 Å². The number of rotatable bonds is 3. The molecule has 0 aliphatic heterocycles. The van der Waals surface area contributed by atoms with Gasteiger partial charge in [0.2, 0.25) is 0 Å². The van der Waals surface area contributed by atoms with Crippen LogP contribution in [-0.2, 0) is 9.59 Å². The van der Waals surface area contributed by atoms with E-state index in [9.17, 15) is 19.7 Å². The van der Waals surface area contributed by atoms with Crippen molar-refractivity contribution in [1.82, 2.24) is 5.32 Å². The highest BCUT2D eigenvalue weighted by molar-refractivity contribution is 6.39. The Hall–Kier alpha value is -2.44. The molecule has 0 atom stereocenters. The zero-order valence-corrected chi connectivity index (χ0v) is 10.9. The Morgan fingerprint density at radius 1 is 1.26 bits per heavy atom. The summed E-state index contributed by atoms with van der Waals surface area (Å²) in [6.45, 7) is 5.09. The van der Waals surface area contributed by atoms with E-state index in [1.165, 1.54) is 18.2 Å². The Balaban J connectivity index is 2.80. The average Bonchev–Trinajstić information content (AvgIpc) is 2.30. The molecule has 0 aliphatic rings. The number of non-ortho nitro benzene ring substituents is 1. The van der Waals surface area contributed by atoms with Crippen molar-refractivity contribution < 1.29 is 14.5 Å². The molecule has 2 amide bonds. The third-order valence-corrected chi connectivity index (χ3v) is 2.30. The summed E-state index contributed by atoms with van der Waals surface area (Å²) in [5.74, 6) is -1.54. The third-order valence-electron chi connectivity index (χ3n) is 2.30. The molecule has 1 aromatic rings. The number of carbonyl (C=O) groups is 2. The second-order valence-corrected chi connectivity index (χ2v) is 4.34. The Kier molecular flexibility index (Phi) is 4.57. The first-order valence-electron chi connectivity index (χ1n) is 5.68. The van der Waals surface area contributed by atoms with E-state index in [2.05, 4.69) is 10.6 Å². The molecule has 0 saturated carbocycles. The molecule has 7 nitrogen and oxygen atoms in total. The summed E-state index contributed by atoms with van der Waals surface area (Å²) in [4.78, 5) is 33.0. The fourth-order valence-corrected chi connectivity index (χ4v) is 1.41. The second-order valence-electron chi connectivity index (χ2n) is 4.34. The second kappa shape index (κ2) is 5.94. The van der Waals surface area contributed by atoms with E-state index in [4.69, 9.17) is 0 Å². The molecule has 7 heteroatoms. The minimum atomic E-state index is -0.800. The molecule has 0 unspecified atom stereocenters. The standard InChI is InChI=1S/C12H15N3O4/c1-7(2)13-11(16)12(17)14-10-5-4-9(15(18)19)6-8(10)3/h4-7H,1-3H3,(H,13,16)(H,14,17). The van der Waals surface area contributed by atoms with Crippen LogP contribution < -0.4 is 10.6 Å². The first-order valence-corrected chi connectivity index (χ1v) is 5.68. The van der Waals surface area contributed by atoms with Crippen LogP contribution in [0.15, 0.2) is 18.2 Å². The van der Waals surface area contributed by atoms with Crippen LogP contribution in [0.3, 0.4) is 0 Å². The number of nitro benzene ring substituents is 1. The number of aryl methyl sites for hydroxylation is 1. The van der Waals surface area contributed by atoms with Crippen LogP contribution in [0.25, 0.3) is 0 Å². The lowest BCUT2D eigenvalue weighted by Crippen LogP contribution is -2.39. The summed E-state index contributed by atoms with van der Waals surface area (Å²) < 4.78 is 0. The van der Waals surface area contributed by atoms with Gasteiger partial charge in [-0.3, -0.25) is 19.7 Å². The minimum Gasteiger partial charge on any atom is -0.346 e. The zero-order chi connectivity index (χ0) is 14.6. The first-order chi connectivity index (χ1) is 8.81. The maximum Gasteiger partial charge on any atom is 0.313 e. The smallest absolute Gasteiger partial charge is 0.313 e. The Labute approximate surface area is 110 Å². The van der Waals surface area contributed by atoms with E-state index in [0.29, 0.717) is 11.3 Å². The zero-order valence-electron chi connectivity index (χ0n) is 10.9. The molecule has 0 aliphatic carbocycles. The van der Waals surface area contributed by atoms with Gasteiger partial charge in [0.05, 0.1) is 4.92 Å². The monoisotopic (exact) mass is 265 g/mol. The summed E-state index contributed by atoms with van der Waals surface area (Å²) in [6, 6.07) is 3.85. The van der Waals surface area contributed by atoms with Gasteiger partial charge in [-0.15, -0.1) is 0 Å². The number of hydrogen-bond donors (Lipinski definition) is 2. The number of nitrogens with zero attached hydrogens (tertiary/aromatic N) is 1. The van der Waals surface area contributed by atoms with E-state index < -0.39 is 16.7 Å². The Morgan fingerprint density at radius 2 is 1.89 bits per heavy atom. The molecule has 1 rings (SSSR count). The van der Waals surface area contributed by atoms with Gasteiger partial charge in [0.25, 0.3) is 5.69 Å². The molecular weight excluding hydrogens is 250 g/mol. The molecule has 1 aromatic carbocycles. The van der Waals surface area contributed by atoms with Gasteiger partial charge in [-0.05, 0) is 32.4 Å². The molecule has 0 bridgehead atoms. The van der Waals surface area contributed by atoms with Gasteiger partial charge in [-0.1, -0.05) is 0 Å². The number of anilines is 1. The van der Waals surface area contributed by atoms with E-state index in [1.807, 2.05) is 0 Å². The summed E-state index contributed by atoms with van der Waals surface area (Å²) >= 11 is 0. The molecule has 0 aromatic heterocycles. The average molecular weight is 265 g/mol. The summed E-state index contributed by atoms with van der Waals surface area (Å²) in [7, 11) is 0. The van der Waals surface area contributed by atoms with Gasteiger partial charge in [0.1, 0.15) is 0 Å². The number of benzene rings is 1. The van der Waals surface area contributed by atoms with Crippen molar-refractivity contribution in [2.45, 2.75) is 26.8 Å². The van der Waals surface area contributed by atoms with Crippen molar-refractivity contribution in [3.8, 4) is 0 Å². The maximum absolute atomic E-state index is 11.6. The van der Waals surface area contributed by atoms with Crippen molar-refractivity contribution in [2.75, 3.05) is 5.32 Å². The van der Waals surface area contributed by atoms with E-state index in [0.717, 1.165) is 0 Å². The number of carbonyl (C=O) groups excluding carboxylic acids is 2. The quantitative estimate of drug-likeness (QED) is 0.489. The van der Waals surface area contributed by atoms with Crippen LogP contribution in [0.5, 0.6) is 0 Å². The lowest BCUT2D eigenvalue weighted by molar-refractivity contribution is -0.384. The summed E-state index contributed by atoms with van der Waals surface area (Å²) in [5, 5.41) is 15.4.